The van der Waals surface area contributed by atoms with Gasteiger partial charge in [0.25, 0.3) is 0 Å². The standard InChI is InChI=1S/C38H46N4O6/c1-23(2)41(21-25-15-17-27-29(39-25)19-33(43-5)37(47-9)35(27)45-7)31-13-11-12-14-32(31)42(24(3)4)22-26-16-18-28-30(40-26)20-34(44-6)38(48-10)36(28)46-8/h11-20,23-24H,21-22H2,1-10H3. The first kappa shape index (κ1) is 34.2. The van der Waals surface area contributed by atoms with Gasteiger partial charge in [0.2, 0.25) is 11.5 Å². The number of hydrogen-bond acceptors (Lipinski definition) is 10. The van der Waals surface area contributed by atoms with Crippen LogP contribution in [0.4, 0.5) is 11.4 Å². The third-order valence-electron chi connectivity index (χ3n) is 8.52. The molecule has 0 saturated carbocycles. The van der Waals surface area contributed by atoms with E-state index in [1.54, 1.807) is 42.7 Å². The minimum atomic E-state index is 0.186. The van der Waals surface area contributed by atoms with Gasteiger partial charge in [0.1, 0.15) is 0 Å². The quantitative estimate of drug-likeness (QED) is 0.119. The fourth-order valence-corrected chi connectivity index (χ4v) is 6.15. The van der Waals surface area contributed by atoms with Gasteiger partial charge in [-0.2, -0.15) is 0 Å². The van der Waals surface area contributed by atoms with Gasteiger partial charge in [0.15, 0.2) is 23.0 Å². The maximum absolute atomic E-state index is 5.71. The Kier molecular flexibility index (Phi) is 10.5. The van der Waals surface area contributed by atoms with Crippen molar-refractivity contribution in [1.29, 1.82) is 0 Å². The minimum absolute atomic E-state index is 0.186. The third kappa shape index (κ3) is 6.52. The van der Waals surface area contributed by atoms with Crippen molar-refractivity contribution in [1.82, 2.24) is 9.97 Å². The number of para-hydroxylation sites is 2. The highest BCUT2D eigenvalue weighted by molar-refractivity contribution is 5.91. The summed E-state index contributed by atoms with van der Waals surface area (Å²) in [4.78, 5) is 14.9. The maximum Gasteiger partial charge on any atom is 0.204 e. The second-order valence-electron chi connectivity index (χ2n) is 12.0. The summed E-state index contributed by atoms with van der Waals surface area (Å²) in [6.07, 6.45) is 0. The van der Waals surface area contributed by atoms with Gasteiger partial charge in [-0.15, -0.1) is 0 Å². The van der Waals surface area contributed by atoms with Gasteiger partial charge in [0, 0.05) is 35.0 Å². The number of rotatable bonds is 14. The molecule has 0 aliphatic carbocycles. The molecule has 48 heavy (non-hydrogen) atoms. The fourth-order valence-electron chi connectivity index (χ4n) is 6.15. The minimum Gasteiger partial charge on any atom is -0.493 e. The molecule has 254 valence electrons. The molecule has 0 aliphatic rings. The van der Waals surface area contributed by atoms with Crippen LogP contribution in [0, 0.1) is 0 Å². The molecule has 0 bridgehead atoms. The summed E-state index contributed by atoms with van der Waals surface area (Å²) < 4.78 is 33.8. The van der Waals surface area contributed by atoms with Crippen molar-refractivity contribution < 1.29 is 28.4 Å². The van der Waals surface area contributed by atoms with E-state index in [2.05, 4.69) is 61.8 Å². The average molecular weight is 655 g/mol. The van der Waals surface area contributed by atoms with E-state index in [1.165, 1.54) is 0 Å². The Morgan fingerprint density at radius 2 is 0.875 bits per heavy atom. The van der Waals surface area contributed by atoms with E-state index < -0.39 is 0 Å². The summed E-state index contributed by atoms with van der Waals surface area (Å²) in [7, 11) is 9.69. The molecule has 3 aromatic carbocycles. The molecule has 0 aliphatic heterocycles. The van der Waals surface area contributed by atoms with Gasteiger partial charge in [0.05, 0.1) is 89.5 Å². The predicted molar refractivity (Wildman–Crippen MR) is 192 cm³/mol. The summed E-state index contributed by atoms with van der Waals surface area (Å²) in [5.41, 5.74) is 5.62. The van der Waals surface area contributed by atoms with E-state index in [4.69, 9.17) is 38.4 Å². The second-order valence-corrected chi connectivity index (χ2v) is 12.0. The van der Waals surface area contributed by atoms with Crippen LogP contribution in [0.3, 0.4) is 0 Å². The Morgan fingerprint density at radius 1 is 0.500 bits per heavy atom. The molecule has 0 N–H and O–H groups in total. The van der Waals surface area contributed by atoms with Crippen molar-refractivity contribution in [2.24, 2.45) is 0 Å². The number of aromatic nitrogens is 2. The first-order valence-corrected chi connectivity index (χ1v) is 16.0. The van der Waals surface area contributed by atoms with Crippen LogP contribution in [0.15, 0.2) is 60.7 Å². The Balaban J connectivity index is 1.52. The van der Waals surface area contributed by atoms with Crippen LogP contribution in [-0.2, 0) is 13.1 Å². The van der Waals surface area contributed by atoms with Crippen molar-refractivity contribution in [2.45, 2.75) is 52.9 Å². The SMILES string of the molecule is COc1cc2nc(CN(c3ccccc3N(Cc3ccc4c(OC)c(OC)c(OC)cc4n3)C(C)C)C(C)C)ccc2c(OC)c1OC. The first-order chi connectivity index (χ1) is 23.2. The molecule has 0 saturated heterocycles. The summed E-state index contributed by atoms with van der Waals surface area (Å²) in [5, 5.41) is 1.72. The zero-order valence-corrected chi connectivity index (χ0v) is 29.6. The monoisotopic (exact) mass is 654 g/mol. The molecule has 2 aromatic heterocycles. The lowest BCUT2D eigenvalue weighted by molar-refractivity contribution is 0.327. The van der Waals surface area contributed by atoms with Gasteiger partial charge in [-0.1, -0.05) is 12.1 Å². The fraction of sp³-hybridized carbons (Fsp3) is 0.368. The molecule has 5 aromatic rings. The van der Waals surface area contributed by atoms with Crippen LogP contribution >= 0.6 is 0 Å². The molecule has 0 radical (unpaired) electrons. The van der Waals surface area contributed by atoms with Crippen LogP contribution in [0.5, 0.6) is 34.5 Å². The van der Waals surface area contributed by atoms with Gasteiger partial charge >= 0.3 is 0 Å². The average Bonchev–Trinajstić information content (AvgIpc) is 3.10. The van der Waals surface area contributed by atoms with Crippen LogP contribution in [0.1, 0.15) is 39.1 Å². The molecule has 10 heteroatoms. The van der Waals surface area contributed by atoms with Crippen molar-refractivity contribution >= 4 is 33.2 Å². The molecule has 0 amide bonds. The highest BCUT2D eigenvalue weighted by atomic mass is 16.5. The van der Waals surface area contributed by atoms with Gasteiger partial charge in [-0.3, -0.25) is 9.97 Å². The lowest BCUT2D eigenvalue weighted by Crippen LogP contribution is -2.35. The van der Waals surface area contributed by atoms with Crippen LogP contribution in [0.25, 0.3) is 21.8 Å². The Hall–Kier alpha value is -5.12. The van der Waals surface area contributed by atoms with Crippen molar-refractivity contribution in [3.63, 3.8) is 0 Å². The number of benzene rings is 3. The number of anilines is 2. The van der Waals surface area contributed by atoms with Gasteiger partial charge in [-0.25, -0.2) is 0 Å². The number of methoxy groups -OCH3 is 6. The van der Waals surface area contributed by atoms with Gasteiger partial charge < -0.3 is 38.2 Å². The molecule has 0 atom stereocenters. The van der Waals surface area contributed by atoms with E-state index in [0.717, 1.165) is 44.6 Å². The molecular weight excluding hydrogens is 608 g/mol. The Labute approximate surface area is 283 Å². The number of nitrogens with zero attached hydrogens (tertiary/aromatic N) is 4. The van der Waals surface area contributed by atoms with Crippen LogP contribution < -0.4 is 38.2 Å². The molecule has 0 unspecified atom stereocenters. The van der Waals surface area contributed by atoms with E-state index in [-0.39, 0.29) is 12.1 Å². The number of fused-ring (bicyclic) bond motifs is 2. The molecule has 0 spiro atoms. The van der Waals surface area contributed by atoms with Gasteiger partial charge in [-0.05, 0) is 64.1 Å². The summed E-state index contributed by atoms with van der Waals surface area (Å²) in [6, 6.07) is 20.9. The molecule has 0 fully saturated rings. The predicted octanol–water partition coefficient (Wildman–Crippen LogP) is 7.66. The smallest absolute Gasteiger partial charge is 0.204 e. The van der Waals surface area contributed by atoms with Crippen LogP contribution in [-0.4, -0.2) is 64.7 Å². The van der Waals surface area contributed by atoms with Crippen molar-refractivity contribution in [3.8, 4) is 34.5 Å². The lowest BCUT2D eigenvalue weighted by atomic mass is 10.1. The van der Waals surface area contributed by atoms with Crippen molar-refractivity contribution in [2.75, 3.05) is 52.5 Å². The lowest BCUT2D eigenvalue weighted by Gasteiger charge is -2.36. The highest BCUT2D eigenvalue weighted by Crippen LogP contribution is 2.44. The second kappa shape index (κ2) is 14.8. The number of hydrogen-bond donors (Lipinski definition) is 0. The largest absolute Gasteiger partial charge is 0.493 e. The highest BCUT2D eigenvalue weighted by Gasteiger charge is 2.24. The van der Waals surface area contributed by atoms with Crippen LogP contribution in [0.2, 0.25) is 0 Å². The summed E-state index contributed by atoms with van der Waals surface area (Å²) >= 11 is 0. The third-order valence-corrected chi connectivity index (χ3v) is 8.52. The topological polar surface area (TPSA) is 87.6 Å². The molecule has 10 nitrogen and oxygen atoms in total. The van der Waals surface area contributed by atoms with Crippen molar-refractivity contribution in [3.05, 3.63) is 72.1 Å². The summed E-state index contributed by atoms with van der Waals surface area (Å²) in [5.74, 6) is 3.44. The van der Waals surface area contributed by atoms with E-state index in [9.17, 15) is 0 Å². The summed E-state index contributed by atoms with van der Waals surface area (Å²) in [6.45, 7) is 10.0. The molecular formula is C38H46N4O6. The Bertz CT molecular complexity index is 1760. The normalized spacial score (nSPS) is 11.2. The molecule has 5 rings (SSSR count). The van der Waals surface area contributed by atoms with E-state index >= 15 is 0 Å². The molecule has 2 heterocycles. The maximum atomic E-state index is 5.71. The van der Waals surface area contributed by atoms with E-state index in [0.29, 0.717) is 47.6 Å². The first-order valence-electron chi connectivity index (χ1n) is 16.0. The zero-order valence-electron chi connectivity index (χ0n) is 29.6. The zero-order chi connectivity index (χ0) is 34.5. The number of ether oxygens (including phenoxy) is 6. The van der Waals surface area contributed by atoms with E-state index in [1.807, 2.05) is 36.4 Å². The number of pyridine rings is 2. The Morgan fingerprint density at radius 3 is 1.19 bits per heavy atom.